The molecule has 0 unspecified atom stereocenters. The van der Waals surface area contributed by atoms with Gasteiger partial charge in [-0.1, -0.05) is 19.1 Å². The minimum Gasteiger partial charge on any atom is -0.370 e. The molecule has 0 saturated carbocycles. The fourth-order valence-electron chi connectivity index (χ4n) is 2.08. The van der Waals surface area contributed by atoms with Gasteiger partial charge in [0.05, 0.1) is 0 Å². The van der Waals surface area contributed by atoms with Crippen LogP contribution in [0.25, 0.3) is 0 Å². The number of carbonyl (C=O) groups is 1. The van der Waals surface area contributed by atoms with Gasteiger partial charge in [-0.05, 0) is 44.4 Å². The molecule has 0 aliphatic rings. The minimum absolute atomic E-state index is 0.223. The van der Waals surface area contributed by atoms with Crippen molar-refractivity contribution in [1.29, 1.82) is 0 Å². The lowest BCUT2D eigenvalue weighted by Gasteiger charge is -2.10. The summed E-state index contributed by atoms with van der Waals surface area (Å²) in [5, 5.41) is 6.10. The SMILES string of the molecule is CCCNc1cc(C(=O)Nc2cc(C)ccc2C)nc(C)n1. The maximum absolute atomic E-state index is 12.4. The first-order chi connectivity index (χ1) is 10.5. The quantitative estimate of drug-likeness (QED) is 0.887. The van der Waals surface area contributed by atoms with Gasteiger partial charge in [-0.3, -0.25) is 4.79 Å². The van der Waals surface area contributed by atoms with Crippen LogP contribution in [0, 0.1) is 20.8 Å². The summed E-state index contributed by atoms with van der Waals surface area (Å²) in [7, 11) is 0. The minimum atomic E-state index is -0.223. The Morgan fingerprint density at radius 2 is 1.91 bits per heavy atom. The lowest BCUT2D eigenvalue weighted by Crippen LogP contribution is -2.16. The number of hydrogen-bond donors (Lipinski definition) is 2. The summed E-state index contributed by atoms with van der Waals surface area (Å²) in [5.41, 5.74) is 3.30. The van der Waals surface area contributed by atoms with Crippen molar-refractivity contribution in [3.05, 3.63) is 46.9 Å². The number of rotatable bonds is 5. The zero-order valence-electron chi connectivity index (χ0n) is 13.5. The molecule has 0 bridgehead atoms. The molecule has 1 aromatic carbocycles. The van der Waals surface area contributed by atoms with Crippen LogP contribution >= 0.6 is 0 Å². The Morgan fingerprint density at radius 1 is 1.14 bits per heavy atom. The van der Waals surface area contributed by atoms with Gasteiger partial charge in [0.15, 0.2) is 0 Å². The second-order valence-corrected chi connectivity index (χ2v) is 5.38. The van der Waals surface area contributed by atoms with Crippen molar-refractivity contribution >= 4 is 17.4 Å². The van der Waals surface area contributed by atoms with E-state index in [9.17, 15) is 4.79 Å². The number of nitrogens with one attached hydrogen (secondary N) is 2. The molecular formula is C17H22N4O. The average molecular weight is 298 g/mol. The summed E-state index contributed by atoms with van der Waals surface area (Å²) in [4.78, 5) is 20.9. The normalized spacial score (nSPS) is 10.4. The molecule has 0 saturated heterocycles. The lowest BCUT2D eigenvalue weighted by molar-refractivity contribution is 0.102. The van der Waals surface area contributed by atoms with Crippen LogP contribution in [0.2, 0.25) is 0 Å². The number of anilines is 2. The summed E-state index contributed by atoms with van der Waals surface area (Å²) in [6, 6.07) is 7.65. The van der Waals surface area contributed by atoms with Crippen LogP contribution in [0.5, 0.6) is 0 Å². The van der Waals surface area contributed by atoms with Crippen molar-refractivity contribution in [2.45, 2.75) is 34.1 Å². The first-order valence-electron chi connectivity index (χ1n) is 7.47. The number of amides is 1. The Bertz CT molecular complexity index is 682. The molecule has 0 fully saturated rings. The van der Waals surface area contributed by atoms with Gasteiger partial charge in [-0.25, -0.2) is 9.97 Å². The highest BCUT2D eigenvalue weighted by Gasteiger charge is 2.12. The van der Waals surface area contributed by atoms with Crippen molar-refractivity contribution in [1.82, 2.24) is 9.97 Å². The van der Waals surface area contributed by atoms with Crippen molar-refractivity contribution < 1.29 is 4.79 Å². The highest BCUT2D eigenvalue weighted by molar-refractivity contribution is 6.03. The first-order valence-corrected chi connectivity index (χ1v) is 7.47. The van der Waals surface area contributed by atoms with Gasteiger partial charge in [0, 0.05) is 18.3 Å². The molecule has 2 N–H and O–H groups in total. The number of carbonyl (C=O) groups excluding carboxylic acids is 1. The van der Waals surface area contributed by atoms with Crippen LogP contribution in [0.1, 0.15) is 40.8 Å². The monoisotopic (exact) mass is 298 g/mol. The number of hydrogen-bond acceptors (Lipinski definition) is 4. The van der Waals surface area contributed by atoms with E-state index in [4.69, 9.17) is 0 Å². The highest BCUT2D eigenvalue weighted by atomic mass is 16.1. The predicted octanol–water partition coefficient (Wildman–Crippen LogP) is 3.48. The van der Waals surface area contributed by atoms with Crippen molar-refractivity contribution in [3.8, 4) is 0 Å². The fourth-order valence-corrected chi connectivity index (χ4v) is 2.08. The molecular weight excluding hydrogens is 276 g/mol. The average Bonchev–Trinajstić information content (AvgIpc) is 2.48. The number of benzene rings is 1. The summed E-state index contributed by atoms with van der Waals surface area (Å²) in [6.07, 6.45) is 0.993. The maximum atomic E-state index is 12.4. The van der Waals surface area contributed by atoms with E-state index >= 15 is 0 Å². The molecule has 0 aliphatic carbocycles. The summed E-state index contributed by atoms with van der Waals surface area (Å²) in [6.45, 7) is 8.64. The summed E-state index contributed by atoms with van der Waals surface area (Å²) < 4.78 is 0. The molecule has 0 radical (unpaired) electrons. The third kappa shape index (κ3) is 4.04. The molecule has 1 aromatic heterocycles. The van der Waals surface area contributed by atoms with E-state index in [1.54, 1.807) is 13.0 Å². The summed E-state index contributed by atoms with van der Waals surface area (Å²) in [5.74, 6) is 1.03. The molecule has 22 heavy (non-hydrogen) atoms. The zero-order valence-corrected chi connectivity index (χ0v) is 13.5. The fraction of sp³-hybridized carbons (Fsp3) is 0.353. The Morgan fingerprint density at radius 3 is 2.64 bits per heavy atom. The van der Waals surface area contributed by atoms with Crippen molar-refractivity contribution in [2.24, 2.45) is 0 Å². The third-order valence-corrected chi connectivity index (χ3v) is 3.27. The molecule has 5 nitrogen and oxygen atoms in total. The third-order valence-electron chi connectivity index (χ3n) is 3.27. The van der Waals surface area contributed by atoms with E-state index in [-0.39, 0.29) is 5.91 Å². The second-order valence-electron chi connectivity index (χ2n) is 5.38. The van der Waals surface area contributed by atoms with Crippen molar-refractivity contribution in [3.63, 3.8) is 0 Å². The lowest BCUT2D eigenvalue weighted by atomic mass is 10.1. The molecule has 1 amide bonds. The van der Waals surface area contributed by atoms with Gasteiger partial charge < -0.3 is 10.6 Å². The Balaban J connectivity index is 2.21. The molecule has 0 aliphatic heterocycles. The number of aryl methyl sites for hydroxylation is 3. The van der Waals surface area contributed by atoms with Gasteiger partial charge in [0.2, 0.25) is 0 Å². The van der Waals surface area contributed by atoms with Crippen LogP contribution in [-0.2, 0) is 0 Å². The predicted molar refractivity (Wildman–Crippen MR) is 89.4 cm³/mol. The second kappa shape index (κ2) is 7.02. The van der Waals surface area contributed by atoms with Gasteiger partial charge in [0.1, 0.15) is 17.3 Å². The first kappa shape index (κ1) is 15.9. The van der Waals surface area contributed by atoms with E-state index in [1.807, 2.05) is 32.0 Å². The molecule has 2 rings (SSSR count). The topological polar surface area (TPSA) is 66.9 Å². The van der Waals surface area contributed by atoms with Crippen LogP contribution in [0.15, 0.2) is 24.3 Å². The van der Waals surface area contributed by atoms with E-state index < -0.39 is 0 Å². The van der Waals surface area contributed by atoms with Crippen LogP contribution in [-0.4, -0.2) is 22.4 Å². The Hall–Kier alpha value is -2.43. The Kier molecular flexibility index (Phi) is 5.09. The molecule has 2 aromatic rings. The number of aromatic nitrogens is 2. The zero-order chi connectivity index (χ0) is 16.1. The Labute approximate surface area is 131 Å². The van der Waals surface area contributed by atoms with Gasteiger partial charge in [-0.15, -0.1) is 0 Å². The van der Waals surface area contributed by atoms with E-state index in [1.165, 1.54) is 0 Å². The molecule has 116 valence electrons. The van der Waals surface area contributed by atoms with Crippen LogP contribution < -0.4 is 10.6 Å². The van der Waals surface area contributed by atoms with E-state index in [0.29, 0.717) is 17.3 Å². The van der Waals surface area contributed by atoms with Gasteiger partial charge >= 0.3 is 0 Å². The highest BCUT2D eigenvalue weighted by Crippen LogP contribution is 2.17. The largest absolute Gasteiger partial charge is 0.370 e. The van der Waals surface area contributed by atoms with E-state index in [2.05, 4.69) is 27.5 Å². The molecule has 1 heterocycles. The smallest absolute Gasteiger partial charge is 0.274 e. The molecule has 5 heteroatoms. The van der Waals surface area contributed by atoms with Gasteiger partial charge in [-0.2, -0.15) is 0 Å². The summed E-state index contributed by atoms with van der Waals surface area (Å²) >= 11 is 0. The molecule has 0 atom stereocenters. The maximum Gasteiger partial charge on any atom is 0.274 e. The standard InChI is InChI=1S/C17H22N4O/c1-5-8-18-16-10-15(19-13(4)20-16)17(22)21-14-9-11(2)6-7-12(14)3/h6-7,9-10H,5,8H2,1-4H3,(H,21,22)(H,18,19,20). The van der Waals surface area contributed by atoms with Gasteiger partial charge in [0.25, 0.3) is 5.91 Å². The number of nitrogens with zero attached hydrogens (tertiary/aromatic N) is 2. The van der Waals surface area contributed by atoms with Crippen molar-refractivity contribution in [2.75, 3.05) is 17.2 Å². The molecule has 0 spiro atoms. The van der Waals surface area contributed by atoms with E-state index in [0.717, 1.165) is 29.8 Å². The van der Waals surface area contributed by atoms with Crippen LogP contribution in [0.3, 0.4) is 0 Å². The van der Waals surface area contributed by atoms with Crippen LogP contribution in [0.4, 0.5) is 11.5 Å².